The molecule has 1 heterocycles. The fourth-order valence-electron chi connectivity index (χ4n) is 1.48. The third kappa shape index (κ3) is 3.19. The van der Waals surface area contributed by atoms with Gasteiger partial charge in [-0.1, -0.05) is 12.1 Å². The number of carbonyl (C=O) groups excluding carboxylic acids is 1. The summed E-state index contributed by atoms with van der Waals surface area (Å²) < 4.78 is 42.9. The van der Waals surface area contributed by atoms with E-state index in [4.69, 9.17) is 5.11 Å². The molecule has 9 heteroatoms. The van der Waals surface area contributed by atoms with Crippen molar-refractivity contribution in [3.8, 4) is 5.75 Å². The van der Waals surface area contributed by atoms with E-state index in [0.29, 0.717) is 11.3 Å². The van der Waals surface area contributed by atoms with Gasteiger partial charge in [0.05, 0.1) is 11.1 Å². The third-order valence-corrected chi connectivity index (χ3v) is 3.16. The highest BCUT2D eigenvalue weighted by molar-refractivity contribution is 7.12. The highest BCUT2D eigenvalue weighted by Crippen LogP contribution is 2.36. The summed E-state index contributed by atoms with van der Waals surface area (Å²) in [7, 11) is 0. The molecule has 0 unspecified atom stereocenters. The van der Waals surface area contributed by atoms with E-state index in [9.17, 15) is 22.8 Å². The second-order valence-corrected chi connectivity index (χ2v) is 4.57. The molecule has 5 nitrogen and oxygen atoms in total. The summed E-state index contributed by atoms with van der Waals surface area (Å²) in [6.45, 7) is 0. The van der Waals surface area contributed by atoms with E-state index < -0.39 is 35.1 Å². The van der Waals surface area contributed by atoms with Gasteiger partial charge in [-0.3, -0.25) is 0 Å². The molecule has 2 aromatic rings. The summed E-state index contributed by atoms with van der Waals surface area (Å²) in [5.74, 6) is -3.36. The Balaban J connectivity index is 2.33. The van der Waals surface area contributed by atoms with Gasteiger partial charge in [-0.05, 0) is 12.1 Å². The SMILES string of the molecule is O=C(O)c1ncsc1C(=O)Oc1ccccc1C(F)(F)F. The van der Waals surface area contributed by atoms with Crippen LogP contribution in [0, 0.1) is 0 Å². The Morgan fingerprint density at radius 1 is 1.24 bits per heavy atom. The van der Waals surface area contributed by atoms with Crippen molar-refractivity contribution in [2.45, 2.75) is 6.18 Å². The first-order valence-corrected chi connectivity index (χ1v) is 6.24. The Bertz CT molecular complexity index is 696. The summed E-state index contributed by atoms with van der Waals surface area (Å²) in [4.78, 5) is 25.7. The Morgan fingerprint density at radius 2 is 1.90 bits per heavy atom. The van der Waals surface area contributed by atoms with E-state index in [-0.39, 0.29) is 4.88 Å². The zero-order valence-electron chi connectivity index (χ0n) is 10.0. The average Bonchev–Trinajstić information content (AvgIpc) is 2.87. The van der Waals surface area contributed by atoms with Crippen molar-refractivity contribution in [1.29, 1.82) is 0 Å². The number of para-hydroxylation sites is 1. The fraction of sp³-hybridized carbons (Fsp3) is 0.0833. The van der Waals surface area contributed by atoms with Crippen LogP contribution in [0.25, 0.3) is 0 Å². The van der Waals surface area contributed by atoms with Gasteiger partial charge < -0.3 is 9.84 Å². The third-order valence-electron chi connectivity index (χ3n) is 2.35. The number of rotatable bonds is 3. The van der Waals surface area contributed by atoms with Crippen LogP contribution < -0.4 is 4.74 Å². The molecule has 0 radical (unpaired) electrons. The van der Waals surface area contributed by atoms with E-state index >= 15 is 0 Å². The number of carboxylic acids is 1. The number of alkyl halides is 3. The number of ether oxygens (including phenoxy) is 1. The van der Waals surface area contributed by atoms with Gasteiger partial charge in [0.15, 0.2) is 5.69 Å². The van der Waals surface area contributed by atoms with Crippen molar-refractivity contribution in [2.75, 3.05) is 0 Å². The summed E-state index contributed by atoms with van der Waals surface area (Å²) >= 11 is 0.671. The Morgan fingerprint density at radius 3 is 2.52 bits per heavy atom. The van der Waals surface area contributed by atoms with Crippen LogP contribution in [0.4, 0.5) is 13.2 Å². The predicted octanol–water partition coefficient (Wildman–Crippen LogP) is 3.08. The van der Waals surface area contributed by atoms with Crippen LogP contribution in [-0.2, 0) is 6.18 Å². The highest BCUT2D eigenvalue weighted by Gasteiger charge is 2.35. The Hall–Kier alpha value is -2.42. The molecule has 0 amide bonds. The van der Waals surface area contributed by atoms with Crippen LogP contribution in [0.5, 0.6) is 5.75 Å². The summed E-state index contributed by atoms with van der Waals surface area (Å²) in [5, 5.41) is 8.81. The van der Waals surface area contributed by atoms with Gasteiger partial charge >= 0.3 is 18.1 Å². The fourth-order valence-corrected chi connectivity index (χ4v) is 2.13. The van der Waals surface area contributed by atoms with Gasteiger partial charge in [-0.15, -0.1) is 11.3 Å². The minimum atomic E-state index is -4.69. The predicted molar refractivity (Wildman–Crippen MR) is 65.5 cm³/mol. The van der Waals surface area contributed by atoms with Crippen molar-refractivity contribution in [1.82, 2.24) is 4.98 Å². The molecule has 110 valence electrons. The average molecular weight is 317 g/mol. The van der Waals surface area contributed by atoms with Crippen LogP contribution >= 0.6 is 11.3 Å². The van der Waals surface area contributed by atoms with E-state index in [0.717, 1.165) is 23.7 Å². The van der Waals surface area contributed by atoms with Gasteiger partial charge in [-0.2, -0.15) is 13.2 Å². The van der Waals surface area contributed by atoms with Gasteiger partial charge in [0.1, 0.15) is 10.6 Å². The van der Waals surface area contributed by atoms with Crippen molar-refractivity contribution >= 4 is 23.3 Å². The number of esters is 1. The smallest absolute Gasteiger partial charge is 0.419 e. The monoisotopic (exact) mass is 317 g/mol. The summed E-state index contributed by atoms with van der Waals surface area (Å²) in [5.41, 5.74) is -0.593. The van der Waals surface area contributed by atoms with Gasteiger partial charge in [0.25, 0.3) is 0 Å². The van der Waals surface area contributed by atoms with Crippen LogP contribution in [0.1, 0.15) is 25.7 Å². The molecule has 0 saturated heterocycles. The van der Waals surface area contributed by atoms with E-state index in [1.165, 1.54) is 6.07 Å². The maximum atomic E-state index is 12.8. The number of hydrogen-bond donors (Lipinski definition) is 1. The number of hydrogen-bond acceptors (Lipinski definition) is 5. The summed E-state index contributed by atoms with van der Waals surface area (Å²) in [6.07, 6.45) is -4.69. The zero-order valence-corrected chi connectivity index (χ0v) is 10.9. The molecule has 0 atom stereocenters. The van der Waals surface area contributed by atoms with Crippen molar-refractivity contribution in [3.63, 3.8) is 0 Å². The van der Waals surface area contributed by atoms with Crippen LogP contribution in [0.15, 0.2) is 29.8 Å². The molecule has 1 aromatic heterocycles. The Labute approximate surface area is 119 Å². The second kappa shape index (κ2) is 5.52. The van der Waals surface area contributed by atoms with Gasteiger partial charge in [0.2, 0.25) is 0 Å². The van der Waals surface area contributed by atoms with Crippen LogP contribution in [0.3, 0.4) is 0 Å². The highest BCUT2D eigenvalue weighted by atomic mass is 32.1. The van der Waals surface area contributed by atoms with E-state index in [2.05, 4.69) is 9.72 Å². The molecule has 1 N–H and O–H groups in total. The molecule has 0 saturated carbocycles. The number of aromatic nitrogens is 1. The number of nitrogens with zero attached hydrogens (tertiary/aromatic N) is 1. The zero-order chi connectivity index (χ0) is 15.6. The Kier molecular flexibility index (Phi) is 3.94. The molecule has 2 rings (SSSR count). The quantitative estimate of drug-likeness (QED) is 0.695. The number of carboxylic acid groups (broad SMARTS) is 1. The van der Waals surface area contributed by atoms with Gasteiger partial charge in [-0.25, -0.2) is 14.6 Å². The van der Waals surface area contributed by atoms with Crippen molar-refractivity contribution in [2.24, 2.45) is 0 Å². The first kappa shape index (κ1) is 15.0. The molecular weight excluding hydrogens is 311 g/mol. The molecule has 1 aromatic carbocycles. The molecule has 0 aliphatic carbocycles. The lowest BCUT2D eigenvalue weighted by atomic mass is 10.2. The number of halogens is 3. The number of benzene rings is 1. The number of carbonyl (C=O) groups is 2. The lowest BCUT2D eigenvalue weighted by Crippen LogP contribution is -2.15. The summed E-state index contributed by atoms with van der Waals surface area (Å²) in [6, 6.07) is 4.15. The molecule has 0 spiro atoms. The second-order valence-electron chi connectivity index (χ2n) is 3.72. The lowest BCUT2D eigenvalue weighted by Gasteiger charge is -2.11. The first-order valence-electron chi connectivity index (χ1n) is 5.36. The molecular formula is C12H6F3NO4S. The minimum Gasteiger partial charge on any atom is -0.476 e. The molecule has 0 fully saturated rings. The van der Waals surface area contributed by atoms with Crippen LogP contribution in [0.2, 0.25) is 0 Å². The number of aromatic carboxylic acids is 1. The normalized spacial score (nSPS) is 11.2. The standard InChI is InChI=1S/C12H6F3NO4S/c13-12(14,15)6-3-1-2-4-7(6)20-11(19)9-8(10(17)18)16-5-21-9/h1-5H,(H,17,18). The minimum absolute atomic E-state index is 0.375. The molecule has 0 aliphatic heterocycles. The topological polar surface area (TPSA) is 76.5 Å². The largest absolute Gasteiger partial charge is 0.476 e. The lowest BCUT2D eigenvalue weighted by molar-refractivity contribution is -0.138. The molecule has 0 aliphatic rings. The number of thiazole rings is 1. The van der Waals surface area contributed by atoms with Gasteiger partial charge in [0, 0.05) is 0 Å². The van der Waals surface area contributed by atoms with Crippen molar-refractivity contribution in [3.05, 3.63) is 45.9 Å². The van der Waals surface area contributed by atoms with E-state index in [1.54, 1.807) is 0 Å². The first-order chi connectivity index (χ1) is 9.80. The van der Waals surface area contributed by atoms with E-state index in [1.807, 2.05) is 0 Å². The maximum absolute atomic E-state index is 12.8. The maximum Gasteiger partial charge on any atom is 0.419 e. The van der Waals surface area contributed by atoms with Crippen molar-refractivity contribution < 1.29 is 32.6 Å². The molecule has 21 heavy (non-hydrogen) atoms. The molecule has 0 bridgehead atoms. The van der Waals surface area contributed by atoms with Crippen LogP contribution in [-0.4, -0.2) is 22.0 Å².